The fourth-order valence-corrected chi connectivity index (χ4v) is 4.93. The molecule has 7 nitrogen and oxygen atoms in total. The van der Waals surface area contributed by atoms with Gasteiger partial charge in [0.15, 0.2) is 11.5 Å². The maximum absolute atomic E-state index is 12.7. The predicted molar refractivity (Wildman–Crippen MR) is 138 cm³/mol. The molecule has 0 bridgehead atoms. The molecule has 0 saturated carbocycles. The van der Waals surface area contributed by atoms with Crippen molar-refractivity contribution < 1.29 is 19.6 Å². The van der Waals surface area contributed by atoms with E-state index in [4.69, 9.17) is 0 Å². The Kier molecular flexibility index (Phi) is 12.5. The van der Waals surface area contributed by atoms with E-state index in [0.717, 1.165) is 25.7 Å². The second-order valence-electron chi connectivity index (χ2n) is 9.63. The molecule has 1 heterocycles. The van der Waals surface area contributed by atoms with Gasteiger partial charge in [-0.15, -0.1) is 0 Å². The Morgan fingerprint density at radius 3 is 1.89 bits per heavy atom. The number of carbonyl (C=O) groups is 2. The number of Topliss-reactive ketones (excluding diaryl/α,β-unsaturated/α-hetero) is 1. The number of benzene rings is 1. The first-order valence-corrected chi connectivity index (χ1v) is 13.4. The van der Waals surface area contributed by atoms with Gasteiger partial charge in [0.05, 0.1) is 22.1 Å². The number of para-hydroxylation sites is 1. The van der Waals surface area contributed by atoms with Crippen LogP contribution in [0, 0.1) is 10.1 Å². The van der Waals surface area contributed by atoms with E-state index in [1.807, 2.05) is 0 Å². The van der Waals surface area contributed by atoms with E-state index in [-0.39, 0.29) is 16.8 Å². The zero-order valence-corrected chi connectivity index (χ0v) is 21.5. The molecule has 0 aliphatic carbocycles. The molecule has 1 atom stereocenters. The van der Waals surface area contributed by atoms with Gasteiger partial charge in [0.25, 0.3) is 11.6 Å². The molecular weight excluding hydrogens is 444 g/mol. The molecule has 1 aliphatic heterocycles. The molecule has 2 rings (SSSR count). The first-order valence-electron chi connectivity index (χ1n) is 13.4. The van der Waals surface area contributed by atoms with Crippen LogP contribution in [-0.2, 0) is 9.59 Å². The van der Waals surface area contributed by atoms with Crippen molar-refractivity contribution in [3.8, 4) is 0 Å². The highest BCUT2D eigenvalue weighted by atomic mass is 16.6. The van der Waals surface area contributed by atoms with Crippen molar-refractivity contribution >= 4 is 17.4 Å². The van der Waals surface area contributed by atoms with Crippen molar-refractivity contribution in [2.75, 3.05) is 6.54 Å². The second-order valence-corrected chi connectivity index (χ2v) is 9.63. The van der Waals surface area contributed by atoms with E-state index in [1.54, 1.807) is 18.2 Å². The maximum atomic E-state index is 12.7. The Bertz CT molecular complexity index is 880. The second kappa shape index (κ2) is 15.3. The van der Waals surface area contributed by atoms with Crippen LogP contribution in [-0.4, -0.2) is 33.2 Å². The molecule has 1 N–H and O–H groups in total. The van der Waals surface area contributed by atoms with Gasteiger partial charge in [-0.25, -0.2) is 0 Å². The third-order valence-electron chi connectivity index (χ3n) is 6.86. The van der Waals surface area contributed by atoms with Crippen LogP contribution in [0.15, 0.2) is 35.6 Å². The van der Waals surface area contributed by atoms with E-state index < -0.39 is 28.4 Å². The summed E-state index contributed by atoms with van der Waals surface area (Å²) >= 11 is 0. The minimum atomic E-state index is -0.927. The SMILES string of the molecule is CCCCCCCCCCCCCCCCN1C(=O)C(O)=C(C(C)=O)C1c1ccccc1[N+](=O)[O-]. The van der Waals surface area contributed by atoms with Crippen LogP contribution >= 0.6 is 0 Å². The van der Waals surface area contributed by atoms with Crippen molar-refractivity contribution in [3.05, 3.63) is 51.3 Å². The topological polar surface area (TPSA) is 101 Å². The number of ketones is 1. The zero-order valence-electron chi connectivity index (χ0n) is 21.5. The van der Waals surface area contributed by atoms with E-state index in [0.29, 0.717) is 6.54 Å². The minimum absolute atomic E-state index is 0.0605. The fraction of sp³-hybridized carbons (Fsp3) is 0.643. The monoisotopic (exact) mass is 486 g/mol. The van der Waals surface area contributed by atoms with Crippen molar-refractivity contribution in [1.82, 2.24) is 4.90 Å². The molecule has 1 aromatic rings. The molecule has 35 heavy (non-hydrogen) atoms. The van der Waals surface area contributed by atoms with E-state index >= 15 is 0 Å². The van der Waals surface area contributed by atoms with Gasteiger partial charge in [-0.2, -0.15) is 0 Å². The predicted octanol–water partition coefficient (Wildman–Crippen LogP) is 7.36. The summed E-state index contributed by atoms with van der Waals surface area (Å²) in [6.07, 6.45) is 17.1. The van der Waals surface area contributed by atoms with Gasteiger partial charge in [-0.1, -0.05) is 103 Å². The quantitative estimate of drug-likeness (QED) is 0.133. The van der Waals surface area contributed by atoms with Crippen molar-refractivity contribution in [1.29, 1.82) is 0 Å². The van der Waals surface area contributed by atoms with Crippen molar-refractivity contribution in [2.45, 2.75) is 110 Å². The highest BCUT2D eigenvalue weighted by molar-refractivity contribution is 6.08. The molecular formula is C28H42N2O5. The van der Waals surface area contributed by atoms with Crippen LogP contribution in [0.4, 0.5) is 5.69 Å². The van der Waals surface area contributed by atoms with Crippen molar-refractivity contribution in [2.24, 2.45) is 0 Å². The third kappa shape index (κ3) is 8.48. The average molecular weight is 487 g/mol. The molecule has 1 aliphatic rings. The fourth-order valence-electron chi connectivity index (χ4n) is 4.93. The summed E-state index contributed by atoms with van der Waals surface area (Å²) in [6, 6.07) is 5.18. The molecule has 1 aromatic carbocycles. The molecule has 0 fully saturated rings. The number of rotatable bonds is 18. The Balaban J connectivity index is 1.78. The normalized spacial score (nSPS) is 15.8. The average Bonchev–Trinajstić information content (AvgIpc) is 3.09. The van der Waals surface area contributed by atoms with Crippen LogP contribution in [0.2, 0.25) is 0 Å². The van der Waals surface area contributed by atoms with Gasteiger partial charge in [-0.3, -0.25) is 19.7 Å². The first-order chi connectivity index (χ1) is 16.9. The highest BCUT2D eigenvalue weighted by Gasteiger charge is 2.44. The lowest BCUT2D eigenvalue weighted by molar-refractivity contribution is -0.385. The lowest BCUT2D eigenvalue weighted by Gasteiger charge is -2.26. The molecule has 0 spiro atoms. The van der Waals surface area contributed by atoms with E-state index in [9.17, 15) is 24.8 Å². The number of nitrogens with zero attached hydrogens (tertiary/aromatic N) is 2. The molecule has 7 heteroatoms. The van der Waals surface area contributed by atoms with Crippen molar-refractivity contribution in [3.63, 3.8) is 0 Å². The molecule has 0 radical (unpaired) electrons. The Labute approximate surface area is 209 Å². The summed E-state index contributed by atoms with van der Waals surface area (Å²) in [6.45, 7) is 3.86. The summed E-state index contributed by atoms with van der Waals surface area (Å²) in [4.78, 5) is 37.4. The van der Waals surface area contributed by atoms with Crippen LogP contribution < -0.4 is 0 Å². The van der Waals surface area contributed by atoms with Gasteiger partial charge in [-0.05, 0) is 19.4 Å². The van der Waals surface area contributed by atoms with Gasteiger partial charge in [0, 0.05) is 12.6 Å². The largest absolute Gasteiger partial charge is 0.503 e. The number of hydrogen-bond donors (Lipinski definition) is 1. The molecule has 194 valence electrons. The molecule has 0 aromatic heterocycles. The number of aliphatic hydroxyl groups is 1. The third-order valence-corrected chi connectivity index (χ3v) is 6.86. The summed E-state index contributed by atoms with van der Waals surface area (Å²) < 4.78 is 0. The summed E-state index contributed by atoms with van der Waals surface area (Å²) in [5, 5.41) is 21.9. The zero-order chi connectivity index (χ0) is 25.6. The lowest BCUT2D eigenvalue weighted by Crippen LogP contribution is -2.32. The van der Waals surface area contributed by atoms with Crippen LogP contribution in [0.25, 0.3) is 0 Å². The van der Waals surface area contributed by atoms with Crippen LogP contribution in [0.3, 0.4) is 0 Å². The summed E-state index contributed by atoms with van der Waals surface area (Å²) in [5.41, 5.74) is 0.0323. The highest BCUT2D eigenvalue weighted by Crippen LogP contribution is 2.41. The first kappa shape index (κ1) is 28.5. The molecule has 1 unspecified atom stereocenters. The lowest BCUT2D eigenvalue weighted by atomic mass is 9.95. The smallest absolute Gasteiger partial charge is 0.290 e. The molecule has 0 saturated heterocycles. The Morgan fingerprint density at radius 1 is 0.914 bits per heavy atom. The number of amides is 1. The van der Waals surface area contributed by atoms with E-state index in [1.165, 1.54) is 82.1 Å². The number of nitro groups is 1. The van der Waals surface area contributed by atoms with Gasteiger partial charge >= 0.3 is 0 Å². The maximum Gasteiger partial charge on any atom is 0.290 e. The van der Waals surface area contributed by atoms with Crippen LogP contribution in [0.1, 0.15) is 115 Å². The van der Waals surface area contributed by atoms with Gasteiger partial charge in [0.1, 0.15) is 0 Å². The Morgan fingerprint density at radius 2 is 1.40 bits per heavy atom. The van der Waals surface area contributed by atoms with Gasteiger partial charge < -0.3 is 10.0 Å². The number of hydrogen-bond acceptors (Lipinski definition) is 5. The van der Waals surface area contributed by atoms with Gasteiger partial charge in [0.2, 0.25) is 0 Å². The summed E-state index contributed by atoms with van der Waals surface area (Å²) in [5.74, 6) is -1.68. The molecule has 1 amide bonds. The summed E-state index contributed by atoms with van der Waals surface area (Å²) in [7, 11) is 0. The van der Waals surface area contributed by atoms with E-state index in [2.05, 4.69) is 6.92 Å². The van der Waals surface area contributed by atoms with Crippen LogP contribution in [0.5, 0.6) is 0 Å². The number of unbranched alkanes of at least 4 members (excludes halogenated alkanes) is 13. The Hall–Kier alpha value is -2.70. The number of nitro benzene ring substituents is 1. The number of aliphatic hydroxyl groups excluding tert-OH is 1. The number of carbonyl (C=O) groups excluding carboxylic acids is 2. The standard InChI is InChI=1S/C28H42N2O5/c1-3-4-5-6-7-8-9-10-11-12-13-14-15-18-21-29-26(25(22(2)31)27(32)28(29)33)23-19-16-17-20-24(23)30(34)35/h16-17,19-20,26,32H,3-15,18,21H2,1-2H3. The minimum Gasteiger partial charge on any atom is -0.503 e.